The van der Waals surface area contributed by atoms with Crippen LogP contribution in [0.25, 0.3) is 0 Å². The summed E-state index contributed by atoms with van der Waals surface area (Å²) in [5.41, 5.74) is 1.82. The number of benzene rings is 2. The SMILES string of the molecule is Cc1ccc(N(CC(=O)NCCCSCc2ccccc2F)S(C)(=O)=O)cc1Cl. The van der Waals surface area contributed by atoms with Gasteiger partial charge in [0.25, 0.3) is 0 Å². The van der Waals surface area contributed by atoms with Crippen LogP contribution in [0.4, 0.5) is 10.1 Å². The van der Waals surface area contributed by atoms with Gasteiger partial charge in [-0.1, -0.05) is 35.9 Å². The Morgan fingerprint density at radius 1 is 1.24 bits per heavy atom. The van der Waals surface area contributed by atoms with Crippen LogP contribution in [0.5, 0.6) is 0 Å². The van der Waals surface area contributed by atoms with Gasteiger partial charge in [-0.25, -0.2) is 12.8 Å². The molecule has 0 heterocycles. The van der Waals surface area contributed by atoms with E-state index in [0.29, 0.717) is 35.0 Å². The van der Waals surface area contributed by atoms with Crippen molar-refractivity contribution in [3.63, 3.8) is 0 Å². The summed E-state index contributed by atoms with van der Waals surface area (Å²) in [4.78, 5) is 12.2. The Kier molecular flexibility index (Phi) is 8.79. The number of rotatable bonds is 10. The quantitative estimate of drug-likeness (QED) is 0.546. The maximum Gasteiger partial charge on any atom is 0.240 e. The molecule has 5 nitrogen and oxygen atoms in total. The van der Waals surface area contributed by atoms with Gasteiger partial charge in [0.05, 0.1) is 11.9 Å². The maximum absolute atomic E-state index is 13.5. The van der Waals surface area contributed by atoms with E-state index < -0.39 is 15.9 Å². The van der Waals surface area contributed by atoms with E-state index in [1.807, 2.05) is 6.92 Å². The number of hydrogen-bond acceptors (Lipinski definition) is 4. The lowest BCUT2D eigenvalue weighted by molar-refractivity contribution is -0.119. The number of halogens is 2. The number of hydrogen-bond donors (Lipinski definition) is 1. The Labute approximate surface area is 180 Å². The minimum atomic E-state index is -3.64. The second-order valence-corrected chi connectivity index (χ2v) is 9.97. The fraction of sp³-hybridized carbons (Fsp3) is 0.350. The summed E-state index contributed by atoms with van der Waals surface area (Å²) >= 11 is 7.66. The van der Waals surface area contributed by atoms with E-state index in [1.54, 1.807) is 42.1 Å². The molecule has 0 spiro atoms. The van der Waals surface area contributed by atoms with Crippen LogP contribution < -0.4 is 9.62 Å². The van der Waals surface area contributed by atoms with Gasteiger partial charge in [-0.05, 0) is 48.4 Å². The molecule has 0 atom stereocenters. The van der Waals surface area contributed by atoms with Crippen LogP contribution in [-0.2, 0) is 20.6 Å². The standard InChI is InChI=1S/C20H24ClFN2O3S2/c1-15-8-9-17(12-18(15)21)24(29(2,26)27)13-20(25)23-10-5-11-28-14-16-6-3-4-7-19(16)22/h3-4,6-9,12H,5,10-11,13-14H2,1-2H3,(H,23,25). The molecule has 158 valence electrons. The number of nitrogens with one attached hydrogen (secondary N) is 1. The number of aryl methyl sites for hydroxylation is 1. The average molecular weight is 459 g/mol. The number of amides is 1. The number of carbonyl (C=O) groups excluding carboxylic acids is 1. The van der Waals surface area contributed by atoms with E-state index in [2.05, 4.69) is 5.32 Å². The second-order valence-electron chi connectivity index (χ2n) is 6.55. The fourth-order valence-corrected chi connectivity index (χ4v) is 4.49. The average Bonchev–Trinajstić information content (AvgIpc) is 2.65. The van der Waals surface area contributed by atoms with Crippen LogP contribution in [0.2, 0.25) is 5.02 Å². The van der Waals surface area contributed by atoms with Gasteiger partial charge in [-0.3, -0.25) is 9.10 Å². The molecule has 0 radical (unpaired) electrons. The molecule has 2 rings (SSSR count). The number of carbonyl (C=O) groups is 1. The summed E-state index contributed by atoms with van der Waals surface area (Å²) in [5, 5.41) is 3.16. The highest BCUT2D eigenvalue weighted by Crippen LogP contribution is 2.24. The molecule has 9 heteroatoms. The van der Waals surface area contributed by atoms with E-state index in [-0.39, 0.29) is 12.4 Å². The van der Waals surface area contributed by atoms with E-state index >= 15 is 0 Å². The van der Waals surface area contributed by atoms with Crippen molar-refractivity contribution < 1.29 is 17.6 Å². The van der Waals surface area contributed by atoms with Gasteiger partial charge < -0.3 is 5.32 Å². The Morgan fingerprint density at radius 2 is 1.97 bits per heavy atom. The molecule has 0 fully saturated rings. The lowest BCUT2D eigenvalue weighted by Gasteiger charge is -2.22. The van der Waals surface area contributed by atoms with Crippen LogP contribution in [0.3, 0.4) is 0 Å². The van der Waals surface area contributed by atoms with Gasteiger partial charge in [0.15, 0.2) is 0 Å². The zero-order valence-corrected chi connectivity index (χ0v) is 18.7. The van der Waals surface area contributed by atoms with Gasteiger partial charge in [-0.2, -0.15) is 11.8 Å². The third-order valence-electron chi connectivity index (χ3n) is 4.13. The van der Waals surface area contributed by atoms with Crippen molar-refractivity contribution in [2.24, 2.45) is 0 Å². The third kappa shape index (κ3) is 7.53. The van der Waals surface area contributed by atoms with Crippen molar-refractivity contribution in [1.82, 2.24) is 5.32 Å². The van der Waals surface area contributed by atoms with Crippen molar-refractivity contribution in [2.45, 2.75) is 19.1 Å². The molecule has 1 amide bonds. The molecule has 2 aromatic rings. The molecule has 0 aromatic heterocycles. The summed E-state index contributed by atoms with van der Waals surface area (Å²) in [6, 6.07) is 11.5. The minimum Gasteiger partial charge on any atom is -0.354 e. The topological polar surface area (TPSA) is 66.5 Å². The van der Waals surface area contributed by atoms with Crippen molar-refractivity contribution in [3.8, 4) is 0 Å². The van der Waals surface area contributed by atoms with Crippen LogP contribution in [0.1, 0.15) is 17.5 Å². The summed E-state index contributed by atoms with van der Waals surface area (Å²) in [6.45, 7) is 1.91. The lowest BCUT2D eigenvalue weighted by atomic mass is 10.2. The van der Waals surface area contributed by atoms with Gasteiger partial charge >= 0.3 is 0 Å². The fourth-order valence-electron chi connectivity index (χ4n) is 2.52. The monoisotopic (exact) mass is 458 g/mol. The smallest absolute Gasteiger partial charge is 0.240 e. The first-order valence-corrected chi connectivity index (χ1v) is 12.4. The molecule has 0 aliphatic carbocycles. The highest BCUT2D eigenvalue weighted by molar-refractivity contribution is 7.98. The molecular formula is C20H24ClFN2O3S2. The Bertz CT molecular complexity index is 954. The molecule has 1 N–H and O–H groups in total. The van der Waals surface area contributed by atoms with Gasteiger partial charge in [-0.15, -0.1) is 0 Å². The summed E-state index contributed by atoms with van der Waals surface area (Å²) < 4.78 is 38.8. The van der Waals surface area contributed by atoms with Crippen molar-refractivity contribution >= 4 is 45.0 Å². The molecular weight excluding hydrogens is 435 g/mol. The number of thioether (sulfide) groups is 1. The lowest BCUT2D eigenvalue weighted by Crippen LogP contribution is -2.40. The molecule has 0 aliphatic rings. The summed E-state index contributed by atoms with van der Waals surface area (Å²) in [5.74, 6) is 0.700. The molecule has 0 saturated carbocycles. The van der Waals surface area contributed by atoms with Gasteiger partial charge in [0, 0.05) is 17.3 Å². The van der Waals surface area contributed by atoms with Crippen molar-refractivity contribution in [3.05, 3.63) is 64.4 Å². The number of sulfonamides is 1. The Morgan fingerprint density at radius 3 is 2.62 bits per heavy atom. The molecule has 2 aromatic carbocycles. The summed E-state index contributed by atoms with van der Waals surface area (Å²) in [7, 11) is -3.64. The Balaban J connectivity index is 1.80. The summed E-state index contributed by atoms with van der Waals surface area (Å²) in [6.07, 6.45) is 1.74. The second kappa shape index (κ2) is 10.8. The normalized spacial score (nSPS) is 11.3. The molecule has 0 bridgehead atoms. The van der Waals surface area contributed by atoms with Gasteiger partial charge in [0.2, 0.25) is 15.9 Å². The Hall–Kier alpha value is -1.77. The van der Waals surface area contributed by atoms with Crippen LogP contribution in [-0.4, -0.2) is 39.4 Å². The highest BCUT2D eigenvalue weighted by Gasteiger charge is 2.21. The van der Waals surface area contributed by atoms with E-state index in [1.165, 1.54) is 12.1 Å². The van der Waals surface area contributed by atoms with E-state index in [0.717, 1.165) is 21.9 Å². The van der Waals surface area contributed by atoms with Crippen molar-refractivity contribution in [2.75, 3.05) is 29.4 Å². The predicted molar refractivity (Wildman–Crippen MR) is 119 cm³/mol. The first-order valence-electron chi connectivity index (χ1n) is 9.00. The largest absolute Gasteiger partial charge is 0.354 e. The molecule has 0 saturated heterocycles. The first-order chi connectivity index (χ1) is 13.7. The molecule has 0 aliphatic heterocycles. The molecule has 0 unspecified atom stereocenters. The number of anilines is 1. The predicted octanol–water partition coefficient (Wildman–Crippen LogP) is 3.99. The first kappa shape index (κ1) is 23.5. The third-order valence-corrected chi connectivity index (χ3v) is 6.77. The minimum absolute atomic E-state index is 0.217. The molecule has 29 heavy (non-hydrogen) atoms. The van der Waals surface area contributed by atoms with E-state index in [4.69, 9.17) is 11.6 Å². The highest BCUT2D eigenvalue weighted by atomic mass is 35.5. The zero-order valence-electron chi connectivity index (χ0n) is 16.3. The van der Waals surface area contributed by atoms with Crippen LogP contribution in [0.15, 0.2) is 42.5 Å². The van der Waals surface area contributed by atoms with Crippen LogP contribution >= 0.6 is 23.4 Å². The van der Waals surface area contributed by atoms with Crippen LogP contribution in [0, 0.1) is 12.7 Å². The maximum atomic E-state index is 13.5. The zero-order chi connectivity index (χ0) is 21.4. The van der Waals surface area contributed by atoms with E-state index in [9.17, 15) is 17.6 Å². The van der Waals surface area contributed by atoms with Gasteiger partial charge in [0.1, 0.15) is 12.4 Å². The van der Waals surface area contributed by atoms with Crippen molar-refractivity contribution in [1.29, 1.82) is 0 Å². The number of nitrogens with zero attached hydrogens (tertiary/aromatic N) is 1.